The number of carbonyl (C=O) groups is 1. The van der Waals surface area contributed by atoms with Gasteiger partial charge < -0.3 is 4.74 Å². The number of nitrogens with zero attached hydrogens (tertiary/aromatic N) is 1. The number of nitriles is 1. The van der Waals surface area contributed by atoms with Gasteiger partial charge >= 0.3 is 5.97 Å². The second kappa shape index (κ2) is 9.68. The van der Waals surface area contributed by atoms with Gasteiger partial charge in [0.05, 0.1) is 29.1 Å². The third kappa shape index (κ3) is 5.66. The quantitative estimate of drug-likeness (QED) is 0.662. The van der Waals surface area contributed by atoms with Crippen molar-refractivity contribution in [3.63, 3.8) is 0 Å². The lowest BCUT2D eigenvalue weighted by molar-refractivity contribution is 0.0526. The van der Waals surface area contributed by atoms with Crippen LogP contribution < -0.4 is 4.72 Å². The summed E-state index contributed by atoms with van der Waals surface area (Å²) in [6.45, 7) is 7.55. The molecule has 0 heterocycles. The molecule has 0 aliphatic carbocycles. The number of sulfonamides is 1. The van der Waals surface area contributed by atoms with Crippen LogP contribution in [-0.4, -0.2) is 32.8 Å². The molecule has 0 aromatic heterocycles. The average molecular weight is 415 g/mol. The van der Waals surface area contributed by atoms with Gasteiger partial charge in [-0.25, -0.2) is 17.9 Å². The van der Waals surface area contributed by atoms with Gasteiger partial charge in [0.25, 0.3) is 0 Å². The molecule has 0 aliphatic rings. The Kier molecular flexibility index (Phi) is 7.54. The largest absolute Gasteiger partial charge is 0.462 e. The summed E-state index contributed by atoms with van der Waals surface area (Å²) in [4.78, 5) is 11.9. The lowest BCUT2D eigenvalue weighted by atomic mass is 9.94. The zero-order chi connectivity index (χ0) is 21.6. The summed E-state index contributed by atoms with van der Waals surface area (Å²) in [7, 11) is -3.30. The third-order valence-corrected chi connectivity index (χ3v) is 6.46. The monoisotopic (exact) mass is 414 g/mol. The van der Waals surface area contributed by atoms with Gasteiger partial charge in [-0.3, -0.25) is 0 Å². The maximum atomic E-state index is 11.9. The van der Waals surface area contributed by atoms with Gasteiger partial charge in [-0.15, -0.1) is 0 Å². The fourth-order valence-corrected chi connectivity index (χ4v) is 3.56. The zero-order valence-electron chi connectivity index (χ0n) is 17.1. The standard InChI is InChI=1S/C22H26N2O4S/c1-5-28-22(25)19-10-11-21(20(12-19)13-23)18-8-6-17(7-9-18)16(4)14-24-29(26,27)15(2)3/h6-12,15-16,24H,5,14H2,1-4H3/t16-/m1/s1. The van der Waals surface area contributed by atoms with E-state index in [1.165, 1.54) is 6.07 Å². The number of esters is 1. The fourth-order valence-electron chi connectivity index (χ4n) is 2.75. The van der Waals surface area contributed by atoms with E-state index >= 15 is 0 Å². The molecule has 1 atom stereocenters. The van der Waals surface area contributed by atoms with E-state index in [4.69, 9.17) is 4.74 Å². The first-order valence-electron chi connectivity index (χ1n) is 9.49. The van der Waals surface area contributed by atoms with Crippen molar-refractivity contribution in [1.82, 2.24) is 4.72 Å². The van der Waals surface area contributed by atoms with Gasteiger partial charge in [-0.05, 0) is 55.5 Å². The van der Waals surface area contributed by atoms with Gasteiger partial charge in [-0.2, -0.15) is 5.26 Å². The van der Waals surface area contributed by atoms with Crippen molar-refractivity contribution in [2.45, 2.75) is 38.9 Å². The van der Waals surface area contributed by atoms with Crippen molar-refractivity contribution in [1.29, 1.82) is 5.26 Å². The lowest BCUT2D eigenvalue weighted by Crippen LogP contribution is -2.33. The third-order valence-electron chi connectivity index (χ3n) is 4.65. The van der Waals surface area contributed by atoms with Crippen molar-refractivity contribution < 1.29 is 17.9 Å². The molecule has 0 amide bonds. The van der Waals surface area contributed by atoms with Gasteiger partial charge in [0.2, 0.25) is 10.0 Å². The highest BCUT2D eigenvalue weighted by molar-refractivity contribution is 7.90. The molecule has 1 N–H and O–H groups in total. The van der Waals surface area contributed by atoms with Crippen LogP contribution >= 0.6 is 0 Å². The van der Waals surface area contributed by atoms with Gasteiger partial charge in [0, 0.05) is 6.54 Å². The van der Waals surface area contributed by atoms with Crippen LogP contribution in [0.3, 0.4) is 0 Å². The summed E-state index contributed by atoms with van der Waals surface area (Å²) >= 11 is 0. The molecule has 0 spiro atoms. The van der Waals surface area contributed by atoms with Crippen LogP contribution in [0.5, 0.6) is 0 Å². The number of nitrogens with one attached hydrogen (secondary N) is 1. The Labute approximate surface area is 172 Å². The molecule has 0 fully saturated rings. The number of hydrogen-bond donors (Lipinski definition) is 1. The summed E-state index contributed by atoms with van der Waals surface area (Å²) < 4.78 is 31.4. The summed E-state index contributed by atoms with van der Waals surface area (Å²) in [6, 6.07) is 14.7. The van der Waals surface area contributed by atoms with Crippen LogP contribution in [0.25, 0.3) is 11.1 Å². The maximum Gasteiger partial charge on any atom is 0.338 e. The minimum atomic E-state index is -3.30. The van der Waals surface area contributed by atoms with Gasteiger partial charge in [0.15, 0.2) is 0 Å². The van der Waals surface area contributed by atoms with Crippen molar-refractivity contribution >= 4 is 16.0 Å². The van der Waals surface area contributed by atoms with Crippen LogP contribution in [0.4, 0.5) is 0 Å². The molecule has 2 aromatic rings. The van der Waals surface area contributed by atoms with E-state index in [1.807, 2.05) is 31.2 Å². The summed E-state index contributed by atoms with van der Waals surface area (Å²) in [5.41, 5.74) is 3.29. The molecule has 2 rings (SSSR count). The van der Waals surface area contributed by atoms with Crippen LogP contribution in [0.15, 0.2) is 42.5 Å². The van der Waals surface area contributed by atoms with E-state index in [2.05, 4.69) is 10.8 Å². The molecule has 154 valence electrons. The molecule has 0 bridgehead atoms. The first kappa shape index (κ1) is 22.6. The zero-order valence-corrected chi connectivity index (χ0v) is 17.9. The van der Waals surface area contributed by atoms with E-state index in [-0.39, 0.29) is 12.5 Å². The Morgan fingerprint density at radius 2 is 1.79 bits per heavy atom. The number of benzene rings is 2. The van der Waals surface area contributed by atoms with E-state index in [1.54, 1.807) is 32.9 Å². The SMILES string of the molecule is CCOC(=O)c1ccc(-c2ccc([C@H](C)CNS(=O)(=O)C(C)C)cc2)c(C#N)c1. The predicted octanol–water partition coefficient (Wildman–Crippen LogP) is 3.83. The number of rotatable bonds is 8. The minimum absolute atomic E-state index is 0.000739. The summed E-state index contributed by atoms with van der Waals surface area (Å²) in [5, 5.41) is 9.01. The lowest BCUT2D eigenvalue weighted by Gasteiger charge is -2.15. The molecule has 0 unspecified atom stereocenters. The Morgan fingerprint density at radius 3 is 2.34 bits per heavy atom. The van der Waals surface area contributed by atoms with Crippen LogP contribution in [0, 0.1) is 11.3 Å². The second-order valence-corrected chi connectivity index (χ2v) is 9.38. The van der Waals surface area contributed by atoms with Gasteiger partial charge in [-0.1, -0.05) is 37.3 Å². The molecule has 7 heteroatoms. The van der Waals surface area contributed by atoms with Crippen molar-refractivity contribution in [3.8, 4) is 17.2 Å². The minimum Gasteiger partial charge on any atom is -0.462 e. The van der Waals surface area contributed by atoms with E-state index in [0.29, 0.717) is 17.7 Å². The number of carbonyl (C=O) groups excluding carboxylic acids is 1. The highest BCUT2D eigenvalue weighted by Crippen LogP contribution is 2.27. The Bertz CT molecular complexity index is 1010. The molecule has 0 aliphatic heterocycles. The number of hydrogen-bond acceptors (Lipinski definition) is 5. The molecular weight excluding hydrogens is 388 g/mol. The molecule has 6 nitrogen and oxygen atoms in total. The Hall–Kier alpha value is -2.69. The first-order valence-corrected chi connectivity index (χ1v) is 11.0. The average Bonchev–Trinajstić information content (AvgIpc) is 2.71. The molecule has 0 radical (unpaired) electrons. The summed E-state index contributed by atoms with van der Waals surface area (Å²) in [5.74, 6) is -0.456. The fraction of sp³-hybridized carbons (Fsp3) is 0.364. The van der Waals surface area contributed by atoms with Crippen molar-refractivity contribution in [2.75, 3.05) is 13.2 Å². The molecule has 2 aromatic carbocycles. The molecule has 0 saturated carbocycles. The molecular formula is C22H26N2O4S. The van der Waals surface area contributed by atoms with E-state index < -0.39 is 21.2 Å². The van der Waals surface area contributed by atoms with E-state index in [0.717, 1.165) is 16.7 Å². The highest BCUT2D eigenvalue weighted by Gasteiger charge is 2.17. The van der Waals surface area contributed by atoms with Crippen LogP contribution in [-0.2, 0) is 14.8 Å². The van der Waals surface area contributed by atoms with Crippen molar-refractivity contribution in [2.24, 2.45) is 0 Å². The van der Waals surface area contributed by atoms with E-state index in [9.17, 15) is 18.5 Å². The summed E-state index contributed by atoms with van der Waals surface area (Å²) in [6.07, 6.45) is 0. The first-order chi connectivity index (χ1) is 13.7. The number of ether oxygens (including phenoxy) is 1. The Balaban J connectivity index is 2.19. The van der Waals surface area contributed by atoms with Crippen LogP contribution in [0.2, 0.25) is 0 Å². The highest BCUT2D eigenvalue weighted by atomic mass is 32.2. The smallest absolute Gasteiger partial charge is 0.338 e. The normalized spacial score (nSPS) is 12.4. The van der Waals surface area contributed by atoms with Crippen LogP contribution in [0.1, 0.15) is 55.1 Å². The predicted molar refractivity (Wildman–Crippen MR) is 113 cm³/mol. The Morgan fingerprint density at radius 1 is 1.14 bits per heavy atom. The molecule has 29 heavy (non-hydrogen) atoms. The van der Waals surface area contributed by atoms with Crippen molar-refractivity contribution in [3.05, 3.63) is 59.2 Å². The van der Waals surface area contributed by atoms with Gasteiger partial charge in [0.1, 0.15) is 0 Å². The second-order valence-electron chi connectivity index (χ2n) is 7.06. The maximum absolute atomic E-state index is 11.9. The molecule has 0 saturated heterocycles. The topological polar surface area (TPSA) is 96.3 Å².